The van der Waals surface area contributed by atoms with Crippen molar-refractivity contribution >= 4 is 21.8 Å². The van der Waals surface area contributed by atoms with E-state index in [9.17, 15) is 8.42 Å². The molecule has 5 nitrogen and oxygen atoms in total. The summed E-state index contributed by atoms with van der Waals surface area (Å²) in [5.41, 5.74) is 0.971. The van der Waals surface area contributed by atoms with E-state index in [2.05, 4.69) is 12.2 Å². The Balaban J connectivity index is 2.32. The van der Waals surface area contributed by atoms with E-state index in [0.29, 0.717) is 23.2 Å². The van der Waals surface area contributed by atoms with E-state index in [1.165, 1.54) is 0 Å². The molecule has 0 aromatic carbocycles. The molecule has 2 atom stereocenters. The van der Waals surface area contributed by atoms with Crippen LogP contribution in [0.1, 0.15) is 19.5 Å². The summed E-state index contributed by atoms with van der Waals surface area (Å²) in [5, 5.41) is 3.38. The van der Waals surface area contributed by atoms with Crippen LogP contribution in [0.3, 0.4) is 0 Å². The molecule has 0 amide bonds. The molecule has 0 spiro atoms. The normalized spacial score (nSPS) is 25.0. The van der Waals surface area contributed by atoms with Gasteiger partial charge < -0.3 is 9.88 Å². The van der Waals surface area contributed by atoms with E-state index < -0.39 is 10.0 Å². The standard InChI is InChI=1S/C13H23N3O2S2/c1-10-11(2)19-6-5-16(10)20(17,18)13-7-12(8-14-3)15(4)9-13/h7,9-11,14H,5-6,8H2,1-4H3. The molecule has 114 valence electrons. The third-order valence-electron chi connectivity index (χ3n) is 3.87. The van der Waals surface area contributed by atoms with E-state index >= 15 is 0 Å². The first-order valence-corrected chi connectivity index (χ1v) is 9.30. The van der Waals surface area contributed by atoms with Crippen molar-refractivity contribution < 1.29 is 8.42 Å². The molecule has 0 aliphatic carbocycles. The molecule has 0 saturated carbocycles. The van der Waals surface area contributed by atoms with Crippen molar-refractivity contribution in [2.75, 3.05) is 19.3 Å². The number of nitrogens with zero attached hydrogens (tertiary/aromatic N) is 2. The maximum absolute atomic E-state index is 12.8. The quantitative estimate of drug-likeness (QED) is 0.908. The number of sulfonamides is 1. The maximum Gasteiger partial charge on any atom is 0.244 e. The third-order valence-corrected chi connectivity index (χ3v) is 7.16. The Morgan fingerprint density at radius 3 is 2.80 bits per heavy atom. The number of hydrogen-bond donors (Lipinski definition) is 1. The second kappa shape index (κ2) is 6.09. The Labute approximate surface area is 125 Å². The monoisotopic (exact) mass is 317 g/mol. The van der Waals surface area contributed by atoms with Crippen molar-refractivity contribution in [2.24, 2.45) is 7.05 Å². The minimum Gasteiger partial charge on any atom is -0.352 e. The number of rotatable bonds is 4. The molecule has 0 bridgehead atoms. The first kappa shape index (κ1) is 15.9. The van der Waals surface area contributed by atoms with Gasteiger partial charge in [-0.05, 0) is 20.0 Å². The minimum absolute atomic E-state index is 0.0340. The van der Waals surface area contributed by atoms with Crippen LogP contribution in [0.4, 0.5) is 0 Å². The highest BCUT2D eigenvalue weighted by Gasteiger charge is 2.35. The van der Waals surface area contributed by atoms with Gasteiger partial charge in [-0.2, -0.15) is 16.1 Å². The van der Waals surface area contributed by atoms with Crippen LogP contribution in [-0.2, 0) is 23.6 Å². The van der Waals surface area contributed by atoms with Crippen molar-refractivity contribution in [3.63, 3.8) is 0 Å². The molecule has 20 heavy (non-hydrogen) atoms. The molecule has 7 heteroatoms. The number of aromatic nitrogens is 1. The molecule has 1 aliphatic heterocycles. The van der Waals surface area contributed by atoms with E-state index in [-0.39, 0.29) is 6.04 Å². The third kappa shape index (κ3) is 2.90. The highest BCUT2D eigenvalue weighted by molar-refractivity contribution is 8.00. The maximum atomic E-state index is 12.8. The van der Waals surface area contributed by atoms with Gasteiger partial charge in [0.25, 0.3) is 0 Å². The summed E-state index contributed by atoms with van der Waals surface area (Å²) in [5.74, 6) is 0.862. The lowest BCUT2D eigenvalue weighted by molar-refractivity contribution is 0.340. The highest BCUT2D eigenvalue weighted by Crippen LogP contribution is 2.29. The second-order valence-corrected chi connectivity index (χ2v) is 8.62. The summed E-state index contributed by atoms with van der Waals surface area (Å²) >= 11 is 1.84. The molecule has 2 rings (SSSR count). The number of aryl methyl sites for hydroxylation is 1. The van der Waals surface area contributed by atoms with Crippen LogP contribution >= 0.6 is 11.8 Å². The Morgan fingerprint density at radius 1 is 1.45 bits per heavy atom. The SMILES string of the molecule is CNCc1cc(S(=O)(=O)N2CCSC(C)C2C)cn1C. The summed E-state index contributed by atoms with van der Waals surface area (Å²) in [6.45, 7) is 5.34. The molecular formula is C13H23N3O2S2. The molecule has 1 aromatic heterocycles. The van der Waals surface area contributed by atoms with Crippen LogP contribution in [0.2, 0.25) is 0 Å². The van der Waals surface area contributed by atoms with Crippen LogP contribution in [0.25, 0.3) is 0 Å². The van der Waals surface area contributed by atoms with E-state index in [1.807, 2.05) is 37.3 Å². The second-order valence-electron chi connectivity index (χ2n) is 5.24. The first-order chi connectivity index (χ1) is 9.37. The van der Waals surface area contributed by atoms with Crippen LogP contribution < -0.4 is 5.32 Å². The summed E-state index contributed by atoms with van der Waals surface area (Å²) < 4.78 is 29.1. The Kier molecular flexibility index (Phi) is 4.84. The summed E-state index contributed by atoms with van der Waals surface area (Å²) in [4.78, 5) is 0.399. The molecule has 1 aliphatic rings. The lowest BCUT2D eigenvalue weighted by atomic mass is 10.2. The predicted octanol–water partition coefficient (Wildman–Crippen LogP) is 1.26. The number of nitrogens with one attached hydrogen (secondary N) is 1. The lowest BCUT2D eigenvalue weighted by Crippen LogP contribution is -2.47. The topological polar surface area (TPSA) is 54.3 Å². The van der Waals surface area contributed by atoms with Crippen LogP contribution in [0, 0.1) is 0 Å². The first-order valence-electron chi connectivity index (χ1n) is 6.81. The molecule has 1 saturated heterocycles. The van der Waals surface area contributed by atoms with E-state index in [1.54, 1.807) is 16.6 Å². The van der Waals surface area contributed by atoms with Gasteiger partial charge in [-0.25, -0.2) is 8.42 Å². The zero-order valence-corrected chi connectivity index (χ0v) is 14.1. The fourth-order valence-corrected chi connectivity index (χ4v) is 5.55. The minimum atomic E-state index is -3.39. The summed E-state index contributed by atoms with van der Waals surface area (Å²) in [6.07, 6.45) is 1.71. The largest absolute Gasteiger partial charge is 0.352 e. The van der Waals surface area contributed by atoms with Gasteiger partial charge in [0, 0.05) is 49.1 Å². The van der Waals surface area contributed by atoms with Gasteiger partial charge in [0.2, 0.25) is 10.0 Å². The molecule has 2 unspecified atom stereocenters. The Bertz CT molecular complexity index is 568. The molecule has 2 heterocycles. The fourth-order valence-electron chi connectivity index (χ4n) is 2.46. The van der Waals surface area contributed by atoms with Crippen molar-refractivity contribution in [3.05, 3.63) is 18.0 Å². The van der Waals surface area contributed by atoms with Gasteiger partial charge in [-0.1, -0.05) is 6.92 Å². The lowest BCUT2D eigenvalue weighted by Gasteiger charge is -2.36. The zero-order valence-electron chi connectivity index (χ0n) is 12.5. The summed E-state index contributed by atoms with van der Waals surface area (Å²) in [6, 6.07) is 1.80. The number of hydrogen-bond acceptors (Lipinski definition) is 4. The highest BCUT2D eigenvalue weighted by atomic mass is 32.2. The Morgan fingerprint density at radius 2 is 2.15 bits per heavy atom. The van der Waals surface area contributed by atoms with E-state index in [0.717, 1.165) is 11.4 Å². The van der Waals surface area contributed by atoms with Crippen LogP contribution in [0.5, 0.6) is 0 Å². The summed E-state index contributed by atoms with van der Waals surface area (Å²) in [7, 11) is 0.340. The predicted molar refractivity (Wildman–Crippen MR) is 83.5 cm³/mol. The van der Waals surface area contributed by atoms with Crippen molar-refractivity contribution in [3.8, 4) is 0 Å². The van der Waals surface area contributed by atoms with Gasteiger partial charge in [0.15, 0.2) is 0 Å². The van der Waals surface area contributed by atoms with Crippen molar-refractivity contribution in [1.82, 2.24) is 14.2 Å². The average Bonchev–Trinajstić information content (AvgIpc) is 2.75. The van der Waals surface area contributed by atoms with Crippen LogP contribution in [-0.4, -0.2) is 47.9 Å². The van der Waals surface area contributed by atoms with E-state index in [4.69, 9.17) is 0 Å². The fraction of sp³-hybridized carbons (Fsp3) is 0.692. The van der Waals surface area contributed by atoms with Gasteiger partial charge >= 0.3 is 0 Å². The zero-order chi connectivity index (χ0) is 14.9. The van der Waals surface area contributed by atoms with Crippen molar-refractivity contribution in [1.29, 1.82) is 0 Å². The molecule has 1 aromatic rings. The molecule has 1 N–H and O–H groups in total. The average molecular weight is 317 g/mol. The molecular weight excluding hydrogens is 294 g/mol. The molecule has 0 radical (unpaired) electrons. The van der Waals surface area contributed by atoms with Crippen LogP contribution in [0.15, 0.2) is 17.2 Å². The number of thioether (sulfide) groups is 1. The van der Waals surface area contributed by atoms with Gasteiger partial charge in [-0.3, -0.25) is 0 Å². The Hall–Kier alpha value is -0.500. The molecule has 1 fully saturated rings. The van der Waals surface area contributed by atoms with Crippen molar-refractivity contribution in [2.45, 2.75) is 36.6 Å². The van der Waals surface area contributed by atoms with Gasteiger partial charge in [-0.15, -0.1) is 0 Å². The van der Waals surface area contributed by atoms with Gasteiger partial charge in [0.05, 0.1) is 0 Å². The smallest absolute Gasteiger partial charge is 0.244 e. The van der Waals surface area contributed by atoms with Gasteiger partial charge in [0.1, 0.15) is 4.90 Å².